The largest absolute Gasteiger partial charge is 0.374 e. The molecule has 0 radical (unpaired) electrons. The van der Waals surface area contributed by atoms with E-state index in [0.29, 0.717) is 5.92 Å². The number of ether oxygens (including phenoxy) is 1. The van der Waals surface area contributed by atoms with Crippen molar-refractivity contribution in [2.75, 3.05) is 6.61 Å². The summed E-state index contributed by atoms with van der Waals surface area (Å²) in [5, 5.41) is 0. The van der Waals surface area contributed by atoms with Crippen LogP contribution in [0.15, 0.2) is 78.9 Å². The van der Waals surface area contributed by atoms with Crippen LogP contribution in [0.2, 0.25) is 0 Å². The van der Waals surface area contributed by atoms with Gasteiger partial charge in [0.1, 0.15) is 0 Å². The normalized spacial score (nSPS) is 17.9. The van der Waals surface area contributed by atoms with E-state index in [0.717, 1.165) is 13.0 Å². The number of benzene rings is 1. The Kier molecular flexibility index (Phi) is 11.3. The van der Waals surface area contributed by atoms with Gasteiger partial charge in [-0.3, -0.25) is 0 Å². The summed E-state index contributed by atoms with van der Waals surface area (Å²) in [5.41, 5.74) is 5.22. The van der Waals surface area contributed by atoms with E-state index < -0.39 is 0 Å². The lowest BCUT2D eigenvalue weighted by Crippen LogP contribution is -2.12. The molecule has 2 rings (SSSR count). The van der Waals surface area contributed by atoms with Crippen molar-refractivity contribution in [2.45, 2.75) is 77.7 Å². The van der Waals surface area contributed by atoms with E-state index in [1.165, 1.54) is 60.8 Å². The van der Waals surface area contributed by atoms with Crippen molar-refractivity contribution in [1.82, 2.24) is 0 Å². The Morgan fingerprint density at radius 2 is 1.87 bits per heavy atom. The first kappa shape index (κ1) is 24.2. The molecule has 0 amide bonds. The highest BCUT2D eigenvalue weighted by molar-refractivity contribution is 5.75. The smallest absolute Gasteiger partial charge is 0.0793 e. The van der Waals surface area contributed by atoms with Crippen molar-refractivity contribution in [3.63, 3.8) is 0 Å². The van der Waals surface area contributed by atoms with Crippen molar-refractivity contribution in [2.24, 2.45) is 0 Å². The molecule has 0 fully saturated rings. The average Bonchev–Trinajstić information content (AvgIpc) is 2.79. The van der Waals surface area contributed by atoms with Crippen LogP contribution in [0.25, 0.3) is 5.57 Å². The van der Waals surface area contributed by atoms with Crippen LogP contribution in [0, 0.1) is 0 Å². The molecule has 1 aromatic carbocycles. The Bertz CT molecular complexity index is 745. The molecule has 2 atom stereocenters. The second-order valence-corrected chi connectivity index (χ2v) is 8.16. The maximum absolute atomic E-state index is 6.04. The first-order chi connectivity index (χ1) is 14.7. The molecular formula is C29H40O. The summed E-state index contributed by atoms with van der Waals surface area (Å²) in [6, 6.07) is 8.98. The van der Waals surface area contributed by atoms with Gasteiger partial charge in [-0.15, -0.1) is 0 Å². The van der Waals surface area contributed by atoms with Gasteiger partial charge in [0, 0.05) is 12.5 Å². The maximum Gasteiger partial charge on any atom is 0.0793 e. The molecule has 0 saturated carbocycles. The van der Waals surface area contributed by atoms with Gasteiger partial charge >= 0.3 is 0 Å². The molecule has 1 aromatic rings. The van der Waals surface area contributed by atoms with Gasteiger partial charge in [-0.2, -0.15) is 0 Å². The summed E-state index contributed by atoms with van der Waals surface area (Å²) >= 11 is 0. The SMILES string of the molecule is C=C/C=C\C(=C/C)C(C)c1ccc(C2=CCC(OCCCCCCCC)C=C2)cc1. The van der Waals surface area contributed by atoms with Gasteiger partial charge in [0.15, 0.2) is 0 Å². The molecule has 0 N–H and O–H groups in total. The number of hydrogen-bond acceptors (Lipinski definition) is 1. The van der Waals surface area contributed by atoms with Crippen LogP contribution in [-0.2, 0) is 4.74 Å². The van der Waals surface area contributed by atoms with Crippen LogP contribution in [0.1, 0.15) is 82.8 Å². The Labute approximate surface area is 184 Å². The van der Waals surface area contributed by atoms with Gasteiger partial charge in [-0.05, 0) is 42.0 Å². The molecule has 1 heteroatoms. The highest BCUT2D eigenvalue weighted by Crippen LogP contribution is 2.28. The van der Waals surface area contributed by atoms with Crippen LogP contribution in [-0.4, -0.2) is 12.7 Å². The van der Waals surface area contributed by atoms with E-state index in [1.807, 2.05) is 12.2 Å². The zero-order valence-corrected chi connectivity index (χ0v) is 19.3. The number of unbranched alkanes of at least 4 members (excludes halogenated alkanes) is 5. The first-order valence-corrected chi connectivity index (χ1v) is 11.7. The van der Waals surface area contributed by atoms with Gasteiger partial charge in [-0.25, -0.2) is 0 Å². The molecule has 1 aliphatic rings. The van der Waals surface area contributed by atoms with Gasteiger partial charge in [0.25, 0.3) is 0 Å². The molecule has 0 saturated heterocycles. The molecule has 0 aromatic heterocycles. The quantitative estimate of drug-likeness (QED) is 0.236. The summed E-state index contributed by atoms with van der Waals surface area (Å²) in [7, 11) is 0. The maximum atomic E-state index is 6.04. The second-order valence-electron chi connectivity index (χ2n) is 8.16. The molecule has 0 spiro atoms. The summed E-state index contributed by atoms with van der Waals surface area (Å²) in [6.45, 7) is 11.3. The summed E-state index contributed by atoms with van der Waals surface area (Å²) < 4.78 is 6.04. The van der Waals surface area contributed by atoms with Gasteiger partial charge in [0.2, 0.25) is 0 Å². The zero-order valence-electron chi connectivity index (χ0n) is 19.3. The molecule has 30 heavy (non-hydrogen) atoms. The fourth-order valence-electron chi connectivity index (χ4n) is 3.88. The average molecular weight is 405 g/mol. The predicted octanol–water partition coefficient (Wildman–Crippen LogP) is 8.57. The van der Waals surface area contributed by atoms with Crippen molar-refractivity contribution in [1.29, 1.82) is 0 Å². The molecular weight excluding hydrogens is 364 g/mol. The summed E-state index contributed by atoms with van der Waals surface area (Å²) in [5.74, 6) is 0.371. The monoisotopic (exact) mass is 404 g/mol. The minimum atomic E-state index is 0.234. The van der Waals surface area contributed by atoms with E-state index in [1.54, 1.807) is 0 Å². The Morgan fingerprint density at radius 3 is 2.50 bits per heavy atom. The molecule has 1 nitrogen and oxygen atoms in total. The van der Waals surface area contributed by atoms with Gasteiger partial charge < -0.3 is 4.74 Å². The number of hydrogen-bond donors (Lipinski definition) is 0. The van der Waals surface area contributed by atoms with Crippen molar-refractivity contribution in [3.05, 3.63) is 90.1 Å². The van der Waals surface area contributed by atoms with Gasteiger partial charge in [-0.1, -0.05) is 119 Å². The minimum Gasteiger partial charge on any atom is -0.374 e. The van der Waals surface area contributed by atoms with Crippen LogP contribution >= 0.6 is 0 Å². The number of rotatable bonds is 13. The lowest BCUT2D eigenvalue weighted by atomic mass is 9.90. The molecule has 0 heterocycles. The third-order valence-electron chi connectivity index (χ3n) is 5.89. The molecule has 0 bridgehead atoms. The van der Waals surface area contributed by atoms with Crippen molar-refractivity contribution >= 4 is 5.57 Å². The van der Waals surface area contributed by atoms with Crippen LogP contribution in [0.3, 0.4) is 0 Å². The minimum absolute atomic E-state index is 0.234. The predicted molar refractivity (Wildman–Crippen MR) is 133 cm³/mol. The van der Waals surface area contributed by atoms with E-state index in [2.05, 4.69) is 82.0 Å². The van der Waals surface area contributed by atoms with E-state index in [4.69, 9.17) is 4.74 Å². The van der Waals surface area contributed by atoms with Crippen LogP contribution in [0.5, 0.6) is 0 Å². The Hall–Kier alpha value is -2.12. The highest BCUT2D eigenvalue weighted by atomic mass is 16.5. The summed E-state index contributed by atoms with van der Waals surface area (Å²) in [6.07, 6.45) is 24.0. The molecule has 2 unspecified atom stereocenters. The van der Waals surface area contributed by atoms with Crippen LogP contribution < -0.4 is 0 Å². The van der Waals surface area contributed by atoms with Crippen LogP contribution in [0.4, 0.5) is 0 Å². The first-order valence-electron chi connectivity index (χ1n) is 11.7. The second kappa shape index (κ2) is 14.0. The third-order valence-corrected chi connectivity index (χ3v) is 5.89. The van der Waals surface area contributed by atoms with Crippen molar-refractivity contribution in [3.8, 4) is 0 Å². The third kappa shape index (κ3) is 7.95. The van der Waals surface area contributed by atoms with E-state index in [-0.39, 0.29) is 6.10 Å². The van der Waals surface area contributed by atoms with Gasteiger partial charge in [0.05, 0.1) is 6.10 Å². The standard InChI is InChI=1S/C29H40O/c1-5-8-10-11-12-13-23-30-29-21-19-28(20-22-29)27-17-15-26(16-18-27)24(4)25(7-3)14-9-6-2/h6-7,9,14-21,24,29H,2,5,8,10-13,22-23H2,1,3-4H3/b14-9-,25-7+. The van der Waals surface area contributed by atoms with Crippen molar-refractivity contribution < 1.29 is 4.74 Å². The molecule has 1 aliphatic carbocycles. The summed E-state index contributed by atoms with van der Waals surface area (Å²) in [4.78, 5) is 0. The van der Waals surface area contributed by atoms with E-state index in [9.17, 15) is 0 Å². The zero-order chi connectivity index (χ0) is 21.6. The Balaban J connectivity index is 1.82. The van der Waals surface area contributed by atoms with E-state index >= 15 is 0 Å². The molecule has 162 valence electrons. The highest BCUT2D eigenvalue weighted by Gasteiger charge is 2.12. The lowest BCUT2D eigenvalue weighted by molar-refractivity contribution is 0.0833. The fraction of sp³-hybridized carbons (Fsp3) is 0.448. The lowest BCUT2D eigenvalue weighted by Gasteiger charge is -2.18. The molecule has 0 aliphatic heterocycles. The Morgan fingerprint density at radius 1 is 1.13 bits per heavy atom. The fourth-order valence-corrected chi connectivity index (χ4v) is 3.88. The topological polar surface area (TPSA) is 9.23 Å². The number of allylic oxidation sites excluding steroid dienone is 7.